The summed E-state index contributed by atoms with van der Waals surface area (Å²) in [6.07, 6.45) is 2.28. The number of aryl methyl sites for hydroxylation is 2. The van der Waals surface area contributed by atoms with Crippen LogP contribution in [0.4, 0.5) is 15.8 Å². The zero-order valence-electron chi connectivity index (χ0n) is 11.7. The number of fused-ring (bicyclic) bond motifs is 1. The first-order valence-electron chi connectivity index (χ1n) is 7.02. The summed E-state index contributed by atoms with van der Waals surface area (Å²) in [6, 6.07) is 11.7. The average Bonchev–Trinajstić information content (AvgIpc) is 2.43. The Bertz CT molecular complexity index is 637. The average molecular weight is 270 g/mol. The van der Waals surface area contributed by atoms with Gasteiger partial charge in [-0.05, 0) is 49.1 Å². The second-order valence-corrected chi connectivity index (χ2v) is 5.51. The molecule has 0 bridgehead atoms. The summed E-state index contributed by atoms with van der Waals surface area (Å²) in [7, 11) is 0. The Balaban J connectivity index is 1.87. The van der Waals surface area contributed by atoms with Crippen molar-refractivity contribution in [2.24, 2.45) is 0 Å². The molecule has 0 saturated heterocycles. The van der Waals surface area contributed by atoms with Gasteiger partial charge in [0.1, 0.15) is 5.82 Å². The van der Waals surface area contributed by atoms with Crippen LogP contribution in [0.25, 0.3) is 0 Å². The van der Waals surface area contributed by atoms with Crippen LogP contribution in [0.15, 0.2) is 36.4 Å². The molecule has 20 heavy (non-hydrogen) atoms. The Morgan fingerprint density at radius 1 is 1.20 bits per heavy atom. The van der Waals surface area contributed by atoms with E-state index in [0.717, 1.165) is 31.5 Å². The Morgan fingerprint density at radius 3 is 2.85 bits per heavy atom. The molecule has 0 aromatic heterocycles. The van der Waals surface area contributed by atoms with Crippen LogP contribution in [0, 0.1) is 12.7 Å². The van der Waals surface area contributed by atoms with E-state index in [9.17, 15) is 4.39 Å². The zero-order chi connectivity index (χ0) is 14.1. The predicted octanol–water partition coefficient (Wildman–Crippen LogP) is 3.67. The molecule has 3 heteroatoms. The summed E-state index contributed by atoms with van der Waals surface area (Å²) in [5.74, 6) is -0.330. The number of rotatable bonds is 2. The first kappa shape index (κ1) is 13.0. The monoisotopic (exact) mass is 270 g/mol. The number of benzene rings is 2. The topological polar surface area (TPSA) is 29.3 Å². The fourth-order valence-electron chi connectivity index (χ4n) is 2.86. The van der Waals surface area contributed by atoms with Gasteiger partial charge >= 0.3 is 0 Å². The van der Waals surface area contributed by atoms with Crippen molar-refractivity contribution in [3.8, 4) is 0 Å². The Morgan fingerprint density at radius 2 is 2.05 bits per heavy atom. The van der Waals surface area contributed by atoms with Gasteiger partial charge in [-0.1, -0.05) is 23.8 Å². The van der Waals surface area contributed by atoms with Crippen molar-refractivity contribution in [2.45, 2.75) is 26.3 Å². The number of hydrogen-bond donors (Lipinski definition) is 1. The lowest BCUT2D eigenvalue weighted by Gasteiger charge is -2.31. The van der Waals surface area contributed by atoms with Crippen LogP contribution in [-0.4, -0.2) is 6.54 Å². The van der Waals surface area contributed by atoms with E-state index < -0.39 is 0 Å². The molecular weight excluding hydrogens is 251 g/mol. The maximum atomic E-state index is 13.5. The number of nitrogen functional groups attached to an aromatic ring is 1. The molecule has 2 aromatic rings. The first-order chi connectivity index (χ1) is 9.63. The van der Waals surface area contributed by atoms with E-state index in [1.54, 1.807) is 6.07 Å². The molecule has 0 saturated carbocycles. The van der Waals surface area contributed by atoms with E-state index in [0.29, 0.717) is 0 Å². The molecule has 2 nitrogen and oxygen atoms in total. The molecule has 0 amide bonds. The van der Waals surface area contributed by atoms with Crippen LogP contribution in [0.3, 0.4) is 0 Å². The van der Waals surface area contributed by atoms with Crippen LogP contribution in [0.2, 0.25) is 0 Å². The number of nitrogens with two attached hydrogens (primary N) is 1. The van der Waals surface area contributed by atoms with Gasteiger partial charge in [0.2, 0.25) is 0 Å². The summed E-state index contributed by atoms with van der Waals surface area (Å²) in [5.41, 5.74) is 10.7. The summed E-state index contributed by atoms with van der Waals surface area (Å²) >= 11 is 0. The first-order valence-corrected chi connectivity index (χ1v) is 7.02. The lowest BCUT2D eigenvalue weighted by atomic mass is 9.99. The third-order valence-corrected chi connectivity index (χ3v) is 3.89. The van der Waals surface area contributed by atoms with Crippen LogP contribution in [0.5, 0.6) is 0 Å². The number of halogens is 1. The molecular formula is C17H19FN2. The van der Waals surface area contributed by atoms with Crippen molar-refractivity contribution >= 4 is 11.4 Å². The van der Waals surface area contributed by atoms with E-state index in [-0.39, 0.29) is 11.5 Å². The summed E-state index contributed by atoms with van der Waals surface area (Å²) in [6.45, 7) is 3.86. The highest BCUT2D eigenvalue weighted by molar-refractivity contribution is 5.57. The van der Waals surface area contributed by atoms with Gasteiger partial charge in [-0.2, -0.15) is 0 Å². The van der Waals surface area contributed by atoms with Gasteiger partial charge in [0, 0.05) is 18.8 Å². The van der Waals surface area contributed by atoms with Gasteiger partial charge in [-0.25, -0.2) is 4.39 Å². The molecule has 1 aliphatic heterocycles. The minimum absolute atomic E-state index is 0.211. The van der Waals surface area contributed by atoms with E-state index in [1.807, 2.05) is 6.07 Å². The van der Waals surface area contributed by atoms with Crippen molar-refractivity contribution in [1.29, 1.82) is 0 Å². The largest absolute Gasteiger partial charge is 0.396 e. The minimum atomic E-state index is -0.330. The molecule has 0 radical (unpaired) electrons. The highest BCUT2D eigenvalue weighted by Crippen LogP contribution is 2.29. The summed E-state index contributed by atoms with van der Waals surface area (Å²) in [4.78, 5) is 2.32. The third-order valence-electron chi connectivity index (χ3n) is 3.89. The van der Waals surface area contributed by atoms with E-state index >= 15 is 0 Å². The highest BCUT2D eigenvalue weighted by atomic mass is 19.1. The second kappa shape index (κ2) is 5.16. The molecule has 1 aliphatic rings. The maximum Gasteiger partial charge on any atom is 0.146 e. The molecule has 104 valence electrons. The normalized spacial score (nSPS) is 14.2. The number of nitrogens with zero attached hydrogens (tertiary/aromatic N) is 1. The standard InChI is InChI=1S/C17H19FN2/c1-12-4-7-17-14(9-12)3-2-8-20(17)11-13-5-6-16(19)15(18)10-13/h4-7,9-10H,2-3,8,11,19H2,1H3. The summed E-state index contributed by atoms with van der Waals surface area (Å²) < 4.78 is 13.5. The predicted molar refractivity (Wildman–Crippen MR) is 81.4 cm³/mol. The zero-order valence-corrected chi connectivity index (χ0v) is 11.7. The summed E-state index contributed by atoms with van der Waals surface area (Å²) in [5, 5.41) is 0. The van der Waals surface area contributed by atoms with Crippen molar-refractivity contribution in [1.82, 2.24) is 0 Å². The Labute approximate surface area is 119 Å². The van der Waals surface area contributed by atoms with Crippen molar-refractivity contribution < 1.29 is 4.39 Å². The lowest BCUT2D eigenvalue weighted by Crippen LogP contribution is -2.28. The highest BCUT2D eigenvalue weighted by Gasteiger charge is 2.17. The fraction of sp³-hybridized carbons (Fsp3) is 0.294. The van der Waals surface area contributed by atoms with Crippen LogP contribution >= 0.6 is 0 Å². The van der Waals surface area contributed by atoms with Crippen LogP contribution < -0.4 is 10.6 Å². The molecule has 0 atom stereocenters. The molecule has 0 fully saturated rings. The van der Waals surface area contributed by atoms with Gasteiger partial charge in [-0.3, -0.25) is 0 Å². The van der Waals surface area contributed by atoms with Gasteiger partial charge in [0.25, 0.3) is 0 Å². The molecule has 0 spiro atoms. The molecule has 3 rings (SSSR count). The fourth-order valence-corrected chi connectivity index (χ4v) is 2.86. The number of anilines is 2. The van der Waals surface area contributed by atoms with Gasteiger partial charge in [0.05, 0.1) is 5.69 Å². The SMILES string of the molecule is Cc1ccc2c(c1)CCCN2Cc1ccc(N)c(F)c1. The molecule has 2 N–H and O–H groups in total. The lowest BCUT2D eigenvalue weighted by molar-refractivity contribution is 0.627. The van der Waals surface area contributed by atoms with Gasteiger partial charge in [-0.15, -0.1) is 0 Å². The Hall–Kier alpha value is -2.03. The van der Waals surface area contributed by atoms with Crippen molar-refractivity contribution in [3.05, 3.63) is 58.9 Å². The minimum Gasteiger partial charge on any atom is -0.396 e. The molecule has 0 aliphatic carbocycles. The smallest absolute Gasteiger partial charge is 0.146 e. The molecule has 2 aromatic carbocycles. The second-order valence-electron chi connectivity index (χ2n) is 5.51. The molecule has 0 unspecified atom stereocenters. The maximum absolute atomic E-state index is 13.5. The van der Waals surface area contributed by atoms with E-state index in [2.05, 4.69) is 30.0 Å². The van der Waals surface area contributed by atoms with Crippen molar-refractivity contribution in [2.75, 3.05) is 17.2 Å². The third kappa shape index (κ3) is 2.48. The Kier molecular flexibility index (Phi) is 3.35. The van der Waals surface area contributed by atoms with E-state index in [1.165, 1.54) is 22.9 Å². The van der Waals surface area contributed by atoms with Crippen LogP contribution in [0.1, 0.15) is 23.1 Å². The van der Waals surface area contributed by atoms with Crippen LogP contribution in [-0.2, 0) is 13.0 Å². The van der Waals surface area contributed by atoms with Gasteiger partial charge in [0.15, 0.2) is 0 Å². The van der Waals surface area contributed by atoms with E-state index in [4.69, 9.17) is 5.73 Å². The van der Waals surface area contributed by atoms with Crippen molar-refractivity contribution in [3.63, 3.8) is 0 Å². The van der Waals surface area contributed by atoms with Gasteiger partial charge < -0.3 is 10.6 Å². The number of hydrogen-bond acceptors (Lipinski definition) is 2. The quantitative estimate of drug-likeness (QED) is 0.844. The molecule has 1 heterocycles.